The van der Waals surface area contributed by atoms with E-state index in [0.717, 1.165) is 0 Å². The molecule has 0 aliphatic heterocycles. The summed E-state index contributed by atoms with van der Waals surface area (Å²) in [6, 6.07) is -4.46. The molecular weight excluding hydrogens is 390 g/mol. The second-order valence-corrected chi connectivity index (χ2v) is 7.15. The SMILES string of the molecule is CC(C)CC(NC(=O)C(N)CS)C(=O)NC(C)C(=O)NC(CC(N)=O)C(=O)O. The molecule has 28 heavy (non-hydrogen) atoms. The average Bonchev–Trinajstić information content (AvgIpc) is 2.58. The number of carboxylic acids is 1. The first kappa shape index (κ1) is 25.7. The van der Waals surface area contributed by atoms with Crippen molar-refractivity contribution in [1.82, 2.24) is 16.0 Å². The summed E-state index contributed by atoms with van der Waals surface area (Å²) in [4.78, 5) is 58.6. The lowest BCUT2D eigenvalue weighted by atomic mass is 10.0. The van der Waals surface area contributed by atoms with Crippen LogP contribution in [0, 0.1) is 5.92 Å². The average molecular weight is 420 g/mol. The van der Waals surface area contributed by atoms with E-state index in [2.05, 4.69) is 28.6 Å². The van der Waals surface area contributed by atoms with Crippen molar-refractivity contribution in [3.63, 3.8) is 0 Å². The van der Waals surface area contributed by atoms with Crippen molar-refractivity contribution in [2.75, 3.05) is 5.75 Å². The summed E-state index contributed by atoms with van der Waals surface area (Å²) in [5, 5.41) is 16.1. The molecule has 11 nitrogen and oxygen atoms in total. The number of nitrogens with two attached hydrogens (primary N) is 2. The van der Waals surface area contributed by atoms with Crippen molar-refractivity contribution < 1.29 is 29.1 Å². The minimum Gasteiger partial charge on any atom is -0.480 e. The largest absolute Gasteiger partial charge is 0.480 e. The summed E-state index contributed by atoms with van der Waals surface area (Å²) in [5.74, 6) is -4.18. The van der Waals surface area contributed by atoms with Crippen molar-refractivity contribution in [3.8, 4) is 0 Å². The molecule has 8 N–H and O–H groups in total. The molecule has 0 aliphatic carbocycles. The van der Waals surface area contributed by atoms with Crippen LogP contribution in [-0.2, 0) is 24.0 Å². The Labute approximate surface area is 168 Å². The Balaban J connectivity index is 5.02. The number of hydrogen-bond donors (Lipinski definition) is 7. The smallest absolute Gasteiger partial charge is 0.326 e. The van der Waals surface area contributed by atoms with Gasteiger partial charge in [0, 0.05) is 5.75 Å². The number of nitrogens with one attached hydrogen (secondary N) is 3. The summed E-state index contributed by atoms with van der Waals surface area (Å²) in [7, 11) is 0. The molecule has 0 rings (SSSR count). The number of carbonyl (C=O) groups is 5. The first-order valence-electron chi connectivity index (χ1n) is 8.67. The Hall–Kier alpha value is -2.34. The number of amides is 4. The molecule has 4 atom stereocenters. The number of thiol groups is 1. The van der Waals surface area contributed by atoms with E-state index in [-0.39, 0.29) is 11.7 Å². The van der Waals surface area contributed by atoms with Gasteiger partial charge in [-0.2, -0.15) is 12.6 Å². The van der Waals surface area contributed by atoms with Crippen LogP contribution in [0.1, 0.15) is 33.6 Å². The third-order valence-corrected chi connectivity index (χ3v) is 4.04. The van der Waals surface area contributed by atoms with Crippen LogP contribution in [-0.4, -0.2) is 64.6 Å². The number of rotatable bonds is 12. The predicted molar refractivity (Wildman–Crippen MR) is 104 cm³/mol. The highest BCUT2D eigenvalue weighted by molar-refractivity contribution is 7.80. The summed E-state index contributed by atoms with van der Waals surface area (Å²) >= 11 is 3.93. The third kappa shape index (κ3) is 9.55. The fourth-order valence-electron chi connectivity index (χ4n) is 2.14. The zero-order valence-corrected chi connectivity index (χ0v) is 17.0. The molecule has 0 saturated heterocycles. The second kappa shape index (κ2) is 12.2. The van der Waals surface area contributed by atoms with Crippen molar-refractivity contribution >= 4 is 42.2 Å². The van der Waals surface area contributed by atoms with Crippen molar-refractivity contribution in [2.45, 2.75) is 57.8 Å². The summed E-state index contributed by atoms with van der Waals surface area (Å²) in [5.41, 5.74) is 10.5. The second-order valence-electron chi connectivity index (χ2n) is 6.78. The van der Waals surface area contributed by atoms with Gasteiger partial charge in [-0.15, -0.1) is 0 Å². The molecule has 0 fully saturated rings. The molecule has 0 spiro atoms. The molecule has 12 heteroatoms. The van der Waals surface area contributed by atoms with E-state index in [4.69, 9.17) is 16.6 Å². The van der Waals surface area contributed by atoms with Crippen LogP contribution in [0.15, 0.2) is 0 Å². The van der Waals surface area contributed by atoms with Gasteiger partial charge in [0.05, 0.1) is 12.5 Å². The van der Waals surface area contributed by atoms with Gasteiger partial charge in [-0.3, -0.25) is 19.2 Å². The number of carboxylic acid groups (broad SMARTS) is 1. The fraction of sp³-hybridized carbons (Fsp3) is 0.688. The lowest BCUT2D eigenvalue weighted by molar-refractivity contribution is -0.143. The van der Waals surface area contributed by atoms with Gasteiger partial charge in [-0.25, -0.2) is 4.79 Å². The summed E-state index contributed by atoms with van der Waals surface area (Å²) in [6.45, 7) is 5.04. The van der Waals surface area contributed by atoms with Gasteiger partial charge in [-0.1, -0.05) is 13.8 Å². The van der Waals surface area contributed by atoms with E-state index in [1.165, 1.54) is 6.92 Å². The molecular formula is C16H29N5O6S. The van der Waals surface area contributed by atoms with Crippen LogP contribution in [0.3, 0.4) is 0 Å². The number of hydrogen-bond acceptors (Lipinski definition) is 7. The molecule has 0 bridgehead atoms. The lowest BCUT2D eigenvalue weighted by Crippen LogP contribution is -2.57. The minimum absolute atomic E-state index is 0.0550. The zero-order chi connectivity index (χ0) is 22.0. The Bertz CT molecular complexity index is 600. The molecule has 0 aromatic heterocycles. The Morgan fingerprint density at radius 3 is 1.89 bits per heavy atom. The maximum absolute atomic E-state index is 12.5. The fourth-order valence-corrected chi connectivity index (χ4v) is 2.31. The molecule has 0 aromatic rings. The highest BCUT2D eigenvalue weighted by Crippen LogP contribution is 2.06. The van der Waals surface area contributed by atoms with E-state index < -0.39 is 60.2 Å². The van der Waals surface area contributed by atoms with Crippen LogP contribution < -0.4 is 27.4 Å². The van der Waals surface area contributed by atoms with Crippen LogP contribution in [0.5, 0.6) is 0 Å². The van der Waals surface area contributed by atoms with E-state index in [1.54, 1.807) is 0 Å². The molecule has 4 amide bonds. The van der Waals surface area contributed by atoms with Gasteiger partial charge in [0.1, 0.15) is 18.1 Å². The van der Waals surface area contributed by atoms with Gasteiger partial charge in [-0.05, 0) is 19.3 Å². The quantitative estimate of drug-likeness (QED) is 0.173. The number of aliphatic carboxylic acids is 1. The third-order valence-electron chi connectivity index (χ3n) is 3.65. The maximum atomic E-state index is 12.5. The van der Waals surface area contributed by atoms with Crippen LogP contribution in [0.4, 0.5) is 0 Å². The topological polar surface area (TPSA) is 194 Å². The predicted octanol–water partition coefficient (Wildman–Crippen LogP) is -2.28. The summed E-state index contributed by atoms with van der Waals surface area (Å²) in [6.07, 6.45) is -0.292. The summed E-state index contributed by atoms with van der Waals surface area (Å²) < 4.78 is 0. The number of primary amides is 1. The molecule has 0 saturated carbocycles. The zero-order valence-electron chi connectivity index (χ0n) is 16.1. The van der Waals surface area contributed by atoms with E-state index in [1.807, 2.05) is 13.8 Å². The molecule has 0 heterocycles. The Kier molecular flexibility index (Phi) is 11.2. The van der Waals surface area contributed by atoms with Gasteiger partial charge < -0.3 is 32.5 Å². The first-order valence-corrected chi connectivity index (χ1v) is 9.30. The monoisotopic (exact) mass is 419 g/mol. The normalized spacial score (nSPS) is 15.1. The Morgan fingerprint density at radius 2 is 1.46 bits per heavy atom. The van der Waals surface area contributed by atoms with Gasteiger partial charge >= 0.3 is 5.97 Å². The first-order chi connectivity index (χ1) is 12.9. The molecule has 0 aromatic carbocycles. The lowest BCUT2D eigenvalue weighted by Gasteiger charge is -2.24. The molecule has 0 radical (unpaired) electrons. The standard InChI is InChI=1S/C16H29N5O6S/c1-7(2)4-10(20-14(24)9(17)6-28)15(25)19-8(3)13(23)21-11(16(26)27)5-12(18)22/h7-11,28H,4-6,17H2,1-3H3,(H2,18,22)(H,19,25)(H,20,24)(H,21,23)(H,26,27). The number of carbonyl (C=O) groups excluding carboxylic acids is 4. The van der Waals surface area contributed by atoms with Crippen molar-refractivity contribution in [2.24, 2.45) is 17.4 Å². The van der Waals surface area contributed by atoms with E-state index in [9.17, 15) is 24.0 Å². The van der Waals surface area contributed by atoms with Crippen LogP contribution in [0.25, 0.3) is 0 Å². The van der Waals surface area contributed by atoms with E-state index >= 15 is 0 Å². The van der Waals surface area contributed by atoms with E-state index in [0.29, 0.717) is 6.42 Å². The van der Waals surface area contributed by atoms with Gasteiger partial charge in [0.2, 0.25) is 23.6 Å². The van der Waals surface area contributed by atoms with Gasteiger partial charge in [0.15, 0.2) is 0 Å². The van der Waals surface area contributed by atoms with Crippen LogP contribution >= 0.6 is 12.6 Å². The van der Waals surface area contributed by atoms with Crippen molar-refractivity contribution in [1.29, 1.82) is 0 Å². The Morgan fingerprint density at radius 1 is 0.929 bits per heavy atom. The maximum Gasteiger partial charge on any atom is 0.326 e. The van der Waals surface area contributed by atoms with Crippen LogP contribution in [0.2, 0.25) is 0 Å². The minimum atomic E-state index is -1.51. The highest BCUT2D eigenvalue weighted by Gasteiger charge is 2.29. The van der Waals surface area contributed by atoms with Gasteiger partial charge in [0.25, 0.3) is 0 Å². The molecule has 160 valence electrons. The van der Waals surface area contributed by atoms with Crippen molar-refractivity contribution in [3.05, 3.63) is 0 Å². The highest BCUT2D eigenvalue weighted by atomic mass is 32.1. The molecule has 4 unspecified atom stereocenters. The molecule has 0 aliphatic rings.